The van der Waals surface area contributed by atoms with Crippen molar-refractivity contribution < 1.29 is 33.3 Å². The van der Waals surface area contributed by atoms with Gasteiger partial charge in [-0.2, -0.15) is 5.26 Å². The molecule has 0 bridgehead atoms. The van der Waals surface area contributed by atoms with Crippen LogP contribution in [0.2, 0.25) is 0 Å². The van der Waals surface area contributed by atoms with Gasteiger partial charge in [-0.1, -0.05) is 36.4 Å². The van der Waals surface area contributed by atoms with E-state index in [0.717, 1.165) is 12.8 Å². The maximum Gasteiger partial charge on any atom is 0.410 e. The van der Waals surface area contributed by atoms with Crippen molar-refractivity contribution in [2.75, 3.05) is 38.8 Å². The molecule has 2 heterocycles. The van der Waals surface area contributed by atoms with Crippen LogP contribution in [0.25, 0.3) is 0 Å². The van der Waals surface area contributed by atoms with Crippen molar-refractivity contribution in [2.45, 2.75) is 45.1 Å². The molecule has 2 aromatic rings. The van der Waals surface area contributed by atoms with Gasteiger partial charge in [0.15, 0.2) is 0 Å². The first-order chi connectivity index (χ1) is 21.0. The third kappa shape index (κ3) is 6.97. The molecule has 0 aliphatic carbocycles. The van der Waals surface area contributed by atoms with Crippen LogP contribution in [-0.2, 0) is 23.8 Å². The van der Waals surface area contributed by atoms with E-state index in [1.165, 1.54) is 19.1 Å². The lowest BCUT2D eigenvalue weighted by atomic mass is 9.81. The van der Waals surface area contributed by atoms with E-state index in [4.69, 9.17) is 24.7 Å². The molecule has 44 heavy (non-hydrogen) atoms. The van der Waals surface area contributed by atoms with E-state index in [9.17, 15) is 19.6 Å². The topological polar surface area (TPSA) is 144 Å². The summed E-state index contributed by atoms with van der Waals surface area (Å²) in [4.78, 5) is 42.0. The van der Waals surface area contributed by atoms with Gasteiger partial charge in [0.2, 0.25) is 0 Å². The van der Waals surface area contributed by atoms with Gasteiger partial charge >= 0.3 is 18.0 Å². The minimum atomic E-state index is -0.954. The number of nitriles is 1. The van der Waals surface area contributed by atoms with Gasteiger partial charge in [0, 0.05) is 19.2 Å². The molecule has 11 heteroatoms. The molecule has 1 atom stereocenters. The predicted octanol–water partition coefficient (Wildman–Crippen LogP) is 4.61. The molecule has 0 radical (unpaired) electrons. The number of benzene rings is 2. The number of methoxy groups -OCH3 is 2. The van der Waals surface area contributed by atoms with E-state index >= 15 is 0 Å². The van der Waals surface area contributed by atoms with Gasteiger partial charge < -0.3 is 29.6 Å². The summed E-state index contributed by atoms with van der Waals surface area (Å²) in [6, 6.07) is 17.8. The summed E-state index contributed by atoms with van der Waals surface area (Å²) < 4.78 is 21.8. The van der Waals surface area contributed by atoms with Crippen LogP contribution in [0.15, 0.2) is 77.3 Å². The predicted molar refractivity (Wildman–Crippen MR) is 162 cm³/mol. The zero-order chi connectivity index (χ0) is 32.0. The largest absolute Gasteiger partial charge is 0.493 e. The molecule has 1 saturated heterocycles. The standard InChI is InChI=1S/C33H38N4O7/c1-33(2,3)44-32(40)36-16-14-21(15-17-36)20-43-24-13-9-12-23(18-24)37-28(31(39)42-5)27(30(38)41-4)26(25(19-34)29(37)35)22-10-7-6-8-11-22/h6-13,18,21,26H,14-17,20,35H2,1-5H3. The first kappa shape index (κ1) is 31.9. The highest BCUT2D eigenvalue weighted by molar-refractivity contribution is 6.06. The normalized spacial score (nSPS) is 17.6. The molecule has 0 saturated carbocycles. The summed E-state index contributed by atoms with van der Waals surface area (Å²) >= 11 is 0. The molecule has 0 aromatic heterocycles. The number of amides is 1. The molecule has 2 aromatic carbocycles. The number of likely N-dealkylation sites (tertiary alicyclic amines) is 1. The van der Waals surface area contributed by atoms with Crippen LogP contribution in [0.3, 0.4) is 0 Å². The molecule has 1 unspecified atom stereocenters. The third-order valence-electron chi connectivity index (χ3n) is 7.44. The van der Waals surface area contributed by atoms with E-state index in [1.54, 1.807) is 59.5 Å². The van der Waals surface area contributed by atoms with Crippen molar-refractivity contribution in [3.63, 3.8) is 0 Å². The number of allylic oxidation sites excluding steroid dienone is 1. The summed E-state index contributed by atoms with van der Waals surface area (Å²) in [5.74, 6) is -1.89. The SMILES string of the molecule is COC(=O)C1=C(C(=O)OC)N(c2cccc(OCC3CCN(C(=O)OC(C)(C)C)CC3)c2)C(N)=C(C#N)C1c1ccccc1. The Kier molecular flexibility index (Phi) is 9.83. The second-order valence-corrected chi connectivity index (χ2v) is 11.6. The first-order valence-corrected chi connectivity index (χ1v) is 14.4. The average molecular weight is 603 g/mol. The highest BCUT2D eigenvalue weighted by Crippen LogP contribution is 2.43. The number of hydrogen-bond donors (Lipinski definition) is 1. The quantitative estimate of drug-likeness (QED) is 0.352. The van der Waals surface area contributed by atoms with Crippen molar-refractivity contribution in [1.29, 1.82) is 5.26 Å². The van der Waals surface area contributed by atoms with Crippen LogP contribution in [-0.4, -0.2) is 62.4 Å². The fraction of sp³-hybridized carbons (Fsp3) is 0.394. The van der Waals surface area contributed by atoms with Crippen LogP contribution >= 0.6 is 0 Å². The van der Waals surface area contributed by atoms with Crippen molar-refractivity contribution in [3.05, 3.63) is 82.8 Å². The zero-order valence-electron chi connectivity index (χ0n) is 25.7. The minimum Gasteiger partial charge on any atom is -0.493 e. The summed E-state index contributed by atoms with van der Waals surface area (Å²) in [6.45, 7) is 7.08. The smallest absolute Gasteiger partial charge is 0.410 e. The fourth-order valence-electron chi connectivity index (χ4n) is 5.32. The number of esters is 2. The van der Waals surface area contributed by atoms with E-state index in [1.807, 2.05) is 20.8 Å². The summed E-state index contributed by atoms with van der Waals surface area (Å²) in [5.41, 5.74) is 6.88. The number of carbonyl (C=O) groups excluding carboxylic acids is 3. The Morgan fingerprint density at radius 2 is 1.64 bits per heavy atom. The number of rotatable bonds is 7. The number of nitrogens with two attached hydrogens (primary N) is 1. The van der Waals surface area contributed by atoms with Gasteiger partial charge in [0.05, 0.1) is 49.6 Å². The number of anilines is 1. The molecule has 11 nitrogen and oxygen atoms in total. The molecular weight excluding hydrogens is 564 g/mol. The van der Waals surface area contributed by atoms with Crippen LogP contribution in [0.4, 0.5) is 10.5 Å². The Bertz CT molecular complexity index is 1500. The molecule has 1 fully saturated rings. The molecule has 4 rings (SSSR count). The highest BCUT2D eigenvalue weighted by atomic mass is 16.6. The number of hydrogen-bond acceptors (Lipinski definition) is 10. The van der Waals surface area contributed by atoms with Crippen LogP contribution < -0.4 is 15.4 Å². The Labute approximate surface area is 257 Å². The van der Waals surface area contributed by atoms with Gasteiger partial charge in [-0.15, -0.1) is 0 Å². The van der Waals surface area contributed by atoms with Crippen LogP contribution in [0.5, 0.6) is 5.75 Å². The van der Waals surface area contributed by atoms with Gasteiger partial charge in [0.25, 0.3) is 0 Å². The lowest BCUT2D eigenvalue weighted by Crippen LogP contribution is -2.42. The minimum absolute atomic E-state index is 0.0268. The maximum absolute atomic E-state index is 13.3. The summed E-state index contributed by atoms with van der Waals surface area (Å²) in [5, 5.41) is 10.2. The number of nitrogens with zero attached hydrogens (tertiary/aromatic N) is 3. The number of piperidine rings is 1. The van der Waals surface area contributed by atoms with Gasteiger partial charge in [-0.3, -0.25) is 4.90 Å². The Morgan fingerprint density at radius 1 is 0.977 bits per heavy atom. The molecular formula is C33H38N4O7. The zero-order valence-corrected chi connectivity index (χ0v) is 25.7. The Hall–Kier alpha value is -4.98. The second kappa shape index (κ2) is 13.5. The number of carbonyl (C=O) groups is 3. The van der Waals surface area contributed by atoms with Crippen molar-refractivity contribution in [3.8, 4) is 11.8 Å². The van der Waals surface area contributed by atoms with E-state index in [0.29, 0.717) is 36.7 Å². The Morgan fingerprint density at radius 3 is 2.23 bits per heavy atom. The number of ether oxygens (including phenoxy) is 4. The molecule has 2 aliphatic rings. The van der Waals surface area contributed by atoms with E-state index in [2.05, 4.69) is 6.07 Å². The molecule has 0 spiro atoms. The van der Waals surface area contributed by atoms with Gasteiger partial charge in [0.1, 0.15) is 22.9 Å². The van der Waals surface area contributed by atoms with Crippen molar-refractivity contribution in [2.24, 2.45) is 11.7 Å². The molecule has 232 valence electrons. The van der Waals surface area contributed by atoms with E-state index < -0.39 is 23.5 Å². The lowest BCUT2D eigenvalue weighted by molar-refractivity contribution is -0.139. The molecule has 2 N–H and O–H groups in total. The van der Waals surface area contributed by atoms with Gasteiger partial charge in [-0.25, -0.2) is 14.4 Å². The molecule has 2 aliphatic heterocycles. The van der Waals surface area contributed by atoms with Crippen molar-refractivity contribution in [1.82, 2.24) is 4.90 Å². The molecule has 1 amide bonds. The van der Waals surface area contributed by atoms with Crippen LogP contribution in [0, 0.1) is 17.2 Å². The fourth-order valence-corrected chi connectivity index (χ4v) is 5.32. The monoisotopic (exact) mass is 602 g/mol. The van der Waals surface area contributed by atoms with Gasteiger partial charge in [-0.05, 0) is 57.2 Å². The van der Waals surface area contributed by atoms with E-state index in [-0.39, 0.29) is 34.7 Å². The maximum atomic E-state index is 13.3. The second-order valence-electron chi connectivity index (χ2n) is 11.6. The van der Waals surface area contributed by atoms with Crippen LogP contribution in [0.1, 0.15) is 45.1 Å². The lowest BCUT2D eigenvalue weighted by Gasteiger charge is -2.36. The highest BCUT2D eigenvalue weighted by Gasteiger charge is 2.43. The first-order valence-electron chi connectivity index (χ1n) is 14.4. The Balaban J connectivity index is 1.62. The summed E-state index contributed by atoms with van der Waals surface area (Å²) in [7, 11) is 2.41. The summed E-state index contributed by atoms with van der Waals surface area (Å²) in [6.07, 6.45) is 1.19. The average Bonchev–Trinajstić information content (AvgIpc) is 3.02. The third-order valence-corrected chi connectivity index (χ3v) is 7.44. The van der Waals surface area contributed by atoms with Crippen molar-refractivity contribution >= 4 is 23.7 Å².